The van der Waals surface area contributed by atoms with E-state index in [1.54, 1.807) is 24.3 Å². The number of hydrogen-bond donors (Lipinski definition) is 1. The summed E-state index contributed by atoms with van der Waals surface area (Å²) in [5.74, 6) is -1.06. The Kier molecular flexibility index (Phi) is 9.38. The van der Waals surface area contributed by atoms with E-state index in [9.17, 15) is 24.1 Å². The zero-order chi connectivity index (χ0) is 28.8. The number of hydrogen-bond acceptors (Lipinski definition) is 7. The summed E-state index contributed by atoms with van der Waals surface area (Å²) in [6.45, 7) is 1.42. The first kappa shape index (κ1) is 29.0. The summed E-state index contributed by atoms with van der Waals surface area (Å²) >= 11 is 6.62. The smallest absolute Gasteiger partial charge is 0.312 e. The number of carbonyl (C=O) groups excluding carboxylic acids is 1. The molecule has 40 heavy (non-hydrogen) atoms. The highest BCUT2D eigenvalue weighted by atomic mass is 79.9. The molecule has 0 aliphatic heterocycles. The van der Waals surface area contributed by atoms with Gasteiger partial charge in [-0.05, 0) is 58.7 Å². The fourth-order valence-corrected chi connectivity index (χ4v) is 4.72. The maximum atomic E-state index is 13.8. The van der Waals surface area contributed by atoms with Crippen LogP contribution in [0.2, 0.25) is 0 Å². The summed E-state index contributed by atoms with van der Waals surface area (Å²) in [4.78, 5) is 41.3. The number of halogens is 3. The van der Waals surface area contributed by atoms with Gasteiger partial charge in [-0.2, -0.15) is 9.78 Å². The SMILES string of the molecule is CCCCc1nc2ccc(Br)cc2c(=O)n1N=Cc1cc(Br)c(OCC(=O)Nc2ccccc2F)c([N+](=O)[O-])c1. The molecule has 206 valence electrons. The van der Waals surface area contributed by atoms with Crippen LogP contribution in [0.5, 0.6) is 5.75 Å². The van der Waals surface area contributed by atoms with Crippen LogP contribution in [0.4, 0.5) is 15.8 Å². The molecule has 1 aromatic heterocycles. The molecule has 3 aromatic carbocycles. The number of nitrogens with zero attached hydrogens (tertiary/aromatic N) is 4. The predicted octanol–water partition coefficient (Wildman–Crippen LogP) is 6.21. The van der Waals surface area contributed by atoms with Crippen LogP contribution in [0, 0.1) is 15.9 Å². The Morgan fingerprint density at radius 1 is 1.23 bits per heavy atom. The molecule has 0 saturated heterocycles. The lowest BCUT2D eigenvalue weighted by atomic mass is 10.2. The maximum absolute atomic E-state index is 13.8. The number of aromatic nitrogens is 2. The second-order valence-corrected chi connectivity index (χ2v) is 10.3. The molecule has 0 spiro atoms. The van der Waals surface area contributed by atoms with E-state index >= 15 is 0 Å². The second kappa shape index (κ2) is 12.9. The van der Waals surface area contributed by atoms with Crippen molar-refractivity contribution in [3.05, 3.63) is 101 Å². The topological polar surface area (TPSA) is 129 Å². The number of rotatable bonds is 10. The van der Waals surface area contributed by atoms with Crippen molar-refractivity contribution < 1.29 is 18.8 Å². The van der Waals surface area contributed by atoms with Crippen molar-refractivity contribution in [1.82, 2.24) is 9.66 Å². The summed E-state index contributed by atoms with van der Waals surface area (Å²) in [5, 5.41) is 18.9. The van der Waals surface area contributed by atoms with Gasteiger partial charge in [0, 0.05) is 22.5 Å². The second-order valence-electron chi connectivity index (χ2n) is 8.58. The number of nitrogens with one attached hydrogen (secondary N) is 1. The minimum Gasteiger partial charge on any atom is -0.476 e. The van der Waals surface area contributed by atoms with Crippen LogP contribution in [-0.2, 0) is 11.2 Å². The largest absolute Gasteiger partial charge is 0.476 e. The number of amides is 1. The Morgan fingerprint density at radius 2 is 2.00 bits per heavy atom. The van der Waals surface area contributed by atoms with Crippen LogP contribution in [0.3, 0.4) is 0 Å². The van der Waals surface area contributed by atoms with Gasteiger partial charge in [-0.25, -0.2) is 9.37 Å². The third-order valence-corrected chi connectivity index (χ3v) is 6.77. The third kappa shape index (κ3) is 6.77. The summed E-state index contributed by atoms with van der Waals surface area (Å²) < 4.78 is 21.3. The van der Waals surface area contributed by atoms with Crippen molar-refractivity contribution in [3.63, 3.8) is 0 Å². The van der Waals surface area contributed by atoms with Gasteiger partial charge in [0.05, 0.1) is 32.2 Å². The minimum atomic E-state index is -0.702. The Labute approximate surface area is 244 Å². The molecule has 4 rings (SSSR count). The standard InChI is InChI=1S/C27H22Br2FN5O5/c1-2-3-8-24-32-21-10-9-17(28)13-18(21)27(37)34(24)31-14-16-11-19(29)26(23(12-16)35(38)39)40-15-25(36)33-22-7-5-4-6-20(22)30/h4-7,9-14H,2-3,8,15H2,1H3,(H,33,36). The molecule has 1 heterocycles. The van der Waals surface area contributed by atoms with E-state index in [1.807, 2.05) is 6.92 Å². The number of carbonyl (C=O) groups is 1. The molecule has 0 bridgehead atoms. The molecule has 4 aromatic rings. The van der Waals surface area contributed by atoms with Gasteiger partial charge in [-0.3, -0.25) is 19.7 Å². The third-order valence-electron chi connectivity index (χ3n) is 5.69. The van der Waals surface area contributed by atoms with Gasteiger partial charge in [-0.15, -0.1) is 0 Å². The summed E-state index contributed by atoms with van der Waals surface area (Å²) in [6, 6.07) is 13.5. The highest BCUT2D eigenvalue weighted by Crippen LogP contribution is 2.36. The van der Waals surface area contributed by atoms with Crippen molar-refractivity contribution in [2.75, 3.05) is 11.9 Å². The van der Waals surface area contributed by atoms with Crippen LogP contribution in [0.25, 0.3) is 10.9 Å². The molecule has 10 nitrogen and oxygen atoms in total. The molecule has 13 heteroatoms. The molecule has 0 unspecified atom stereocenters. The molecular formula is C27H22Br2FN5O5. The molecule has 0 saturated carbocycles. The van der Waals surface area contributed by atoms with Crippen molar-refractivity contribution in [1.29, 1.82) is 0 Å². The number of fused-ring (bicyclic) bond motifs is 1. The van der Waals surface area contributed by atoms with Crippen LogP contribution in [-0.4, -0.2) is 33.3 Å². The van der Waals surface area contributed by atoms with Crippen molar-refractivity contribution in [2.45, 2.75) is 26.2 Å². The molecule has 0 aliphatic carbocycles. The van der Waals surface area contributed by atoms with Crippen molar-refractivity contribution in [2.24, 2.45) is 5.10 Å². The molecule has 0 radical (unpaired) electrons. The number of ether oxygens (including phenoxy) is 1. The molecular weight excluding hydrogens is 653 g/mol. The highest BCUT2D eigenvalue weighted by Gasteiger charge is 2.21. The van der Waals surface area contributed by atoms with Gasteiger partial charge in [0.15, 0.2) is 6.61 Å². The fourth-order valence-electron chi connectivity index (χ4n) is 3.77. The Morgan fingerprint density at radius 3 is 2.73 bits per heavy atom. The quantitative estimate of drug-likeness (QED) is 0.121. The van der Waals surface area contributed by atoms with E-state index in [0.29, 0.717) is 33.2 Å². The van der Waals surface area contributed by atoms with Crippen LogP contribution >= 0.6 is 31.9 Å². The Hall–Kier alpha value is -3.97. The number of unbranched alkanes of at least 4 members (excludes halogenated alkanes) is 1. The van der Waals surface area contributed by atoms with Gasteiger partial charge in [-0.1, -0.05) is 41.4 Å². The molecule has 0 fully saturated rings. The lowest BCUT2D eigenvalue weighted by Crippen LogP contribution is -2.22. The van der Waals surface area contributed by atoms with Gasteiger partial charge in [0.2, 0.25) is 5.75 Å². The van der Waals surface area contributed by atoms with Crippen LogP contribution in [0.1, 0.15) is 31.2 Å². The van der Waals surface area contributed by atoms with E-state index in [1.165, 1.54) is 41.2 Å². The lowest BCUT2D eigenvalue weighted by Gasteiger charge is -2.11. The van der Waals surface area contributed by atoms with Gasteiger partial charge < -0.3 is 10.1 Å². The normalized spacial score (nSPS) is 11.2. The van der Waals surface area contributed by atoms with E-state index < -0.39 is 28.9 Å². The average molecular weight is 675 g/mol. The molecule has 1 N–H and O–H groups in total. The number of nitro benzene ring substituents is 1. The van der Waals surface area contributed by atoms with Gasteiger partial charge in [0.1, 0.15) is 11.6 Å². The zero-order valence-corrected chi connectivity index (χ0v) is 24.2. The summed E-state index contributed by atoms with van der Waals surface area (Å²) in [7, 11) is 0. The first-order valence-corrected chi connectivity index (χ1v) is 13.7. The van der Waals surface area contributed by atoms with E-state index in [0.717, 1.165) is 12.8 Å². The minimum absolute atomic E-state index is 0.0414. The predicted molar refractivity (Wildman–Crippen MR) is 157 cm³/mol. The van der Waals surface area contributed by atoms with Crippen LogP contribution < -0.4 is 15.6 Å². The highest BCUT2D eigenvalue weighted by molar-refractivity contribution is 9.10. The fraction of sp³-hybridized carbons (Fsp3) is 0.185. The number of para-hydroxylation sites is 1. The number of aryl methyl sites for hydroxylation is 1. The number of nitro groups is 1. The van der Waals surface area contributed by atoms with Crippen LogP contribution in [0.15, 0.2) is 73.4 Å². The van der Waals surface area contributed by atoms with Crippen molar-refractivity contribution in [3.8, 4) is 5.75 Å². The first-order valence-electron chi connectivity index (χ1n) is 12.1. The van der Waals surface area contributed by atoms with Gasteiger partial charge in [0.25, 0.3) is 11.5 Å². The average Bonchev–Trinajstić information content (AvgIpc) is 2.92. The molecule has 1 amide bonds. The number of anilines is 1. The number of benzene rings is 3. The lowest BCUT2D eigenvalue weighted by molar-refractivity contribution is -0.385. The van der Waals surface area contributed by atoms with Crippen molar-refractivity contribution >= 4 is 66.3 Å². The summed E-state index contributed by atoms with van der Waals surface area (Å²) in [6.07, 6.45) is 3.50. The first-order chi connectivity index (χ1) is 19.2. The maximum Gasteiger partial charge on any atom is 0.312 e. The summed E-state index contributed by atoms with van der Waals surface area (Å²) in [5.41, 5.74) is -0.00826. The Bertz CT molecular complexity index is 1690. The van der Waals surface area contributed by atoms with E-state index in [2.05, 4.69) is 47.3 Å². The van der Waals surface area contributed by atoms with Gasteiger partial charge >= 0.3 is 5.69 Å². The van der Waals surface area contributed by atoms with E-state index in [-0.39, 0.29) is 21.5 Å². The zero-order valence-electron chi connectivity index (χ0n) is 21.1. The molecule has 0 atom stereocenters. The Balaban J connectivity index is 1.63. The van der Waals surface area contributed by atoms with E-state index in [4.69, 9.17) is 4.74 Å². The molecule has 0 aliphatic rings. The monoisotopic (exact) mass is 673 g/mol.